The third kappa shape index (κ3) is 13.2. The molecule has 54 heavy (non-hydrogen) atoms. The van der Waals surface area contributed by atoms with Crippen LogP contribution in [0.15, 0.2) is 98.6 Å². The Kier molecular flexibility index (Phi) is 16.1. The lowest BCUT2D eigenvalue weighted by Crippen LogP contribution is -2.34. The molecule has 4 aromatic rings. The second-order valence-electron chi connectivity index (χ2n) is 12.7. The van der Waals surface area contributed by atoms with E-state index in [0.717, 1.165) is 72.9 Å². The standard InChI is InChI=1S/C42H48N4O8/c1-3-39(47)51-23-9-7-21-49-35-25-43-41(44-26-35)33-17-13-31(14-18-33)29-53-37-11-5-6-12-38(37)54-30-32-15-19-34(20-16-32)42-45-27-36(28-46-42)50-22-8-10-24-52-40(48)4-2/h3-4,13-20,25-28,37-38H,1-2,5-12,21-24,29-30H2/t37-,38-/m1/s1. The van der Waals surface area contributed by atoms with E-state index in [1.54, 1.807) is 24.8 Å². The zero-order chi connectivity index (χ0) is 37.8. The molecular weight excluding hydrogens is 688 g/mol. The van der Waals surface area contributed by atoms with Gasteiger partial charge >= 0.3 is 11.9 Å². The van der Waals surface area contributed by atoms with Crippen LogP contribution in [0.5, 0.6) is 11.5 Å². The zero-order valence-electron chi connectivity index (χ0n) is 30.6. The number of hydrogen-bond donors (Lipinski definition) is 0. The van der Waals surface area contributed by atoms with Gasteiger partial charge in [-0.15, -0.1) is 0 Å². The van der Waals surface area contributed by atoms with Gasteiger partial charge in [0.15, 0.2) is 23.1 Å². The van der Waals surface area contributed by atoms with Gasteiger partial charge in [-0.3, -0.25) is 0 Å². The molecule has 2 aromatic carbocycles. The quantitative estimate of drug-likeness (QED) is 0.0450. The average molecular weight is 737 g/mol. The molecule has 1 fully saturated rings. The largest absolute Gasteiger partial charge is 0.490 e. The maximum Gasteiger partial charge on any atom is 0.330 e. The van der Waals surface area contributed by atoms with Crippen molar-refractivity contribution < 1.29 is 38.0 Å². The number of hydrogen-bond acceptors (Lipinski definition) is 12. The highest BCUT2D eigenvalue weighted by Crippen LogP contribution is 2.27. The third-order valence-electron chi connectivity index (χ3n) is 8.69. The summed E-state index contributed by atoms with van der Waals surface area (Å²) in [6, 6.07) is 16.2. The number of nitrogens with zero attached hydrogens (tertiary/aromatic N) is 4. The van der Waals surface area contributed by atoms with Crippen LogP contribution in [0.3, 0.4) is 0 Å². The van der Waals surface area contributed by atoms with Crippen molar-refractivity contribution in [3.05, 3.63) is 110 Å². The van der Waals surface area contributed by atoms with Crippen LogP contribution in [0.25, 0.3) is 22.8 Å². The lowest BCUT2D eigenvalue weighted by atomic mass is 9.94. The third-order valence-corrected chi connectivity index (χ3v) is 8.69. The summed E-state index contributed by atoms with van der Waals surface area (Å²) < 4.78 is 34.1. The Morgan fingerprint density at radius 1 is 0.574 bits per heavy atom. The summed E-state index contributed by atoms with van der Waals surface area (Å²) in [5.74, 6) is 1.58. The fourth-order valence-corrected chi connectivity index (χ4v) is 5.68. The summed E-state index contributed by atoms with van der Waals surface area (Å²) >= 11 is 0. The van der Waals surface area contributed by atoms with E-state index in [2.05, 4.69) is 33.1 Å². The highest BCUT2D eigenvalue weighted by Gasteiger charge is 2.26. The first-order valence-electron chi connectivity index (χ1n) is 18.4. The second-order valence-corrected chi connectivity index (χ2v) is 12.7. The molecule has 12 nitrogen and oxygen atoms in total. The minimum Gasteiger partial charge on any atom is -0.490 e. The van der Waals surface area contributed by atoms with Gasteiger partial charge in [-0.2, -0.15) is 0 Å². The zero-order valence-corrected chi connectivity index (χ0v) is 30.6. The van der Waals surface area contributed by atoms with E-state index in [0.29, 0.717) is 75.6 Å². The molecule has 0 spiro atoms. The fourth-order valence-electron chi connectivity index (χ4n) is 5.68. The Morgan fingerprint density at radius 3 is 1.31 bits per heavy atom. The second kappa shape index (κ2) is 21.9. The number of esters is 2. The van der Waals surface area contributed by atoms with Gasteiger partial charge in [0.1, 0.15) is 0 Å². The minimum absolute atomic E-state index is 0.0275. The molecule has 2 atom stereocenters. The van der Waals surface area contributed by atoms with Crippen molar-refractivity contribution in [2.75, 3.05) is 26.4 Å². The van der Waals surface area contributed by atoms with Gasteiger partial charge in [-0.1, -0.05) is 74.5 Å². The number of aromatic nitrogens is 4. The first-order valence-corrected chi connectivity index (χ1v) is 18.4. The number of carbonyl (C=O) groups excluding carboxylic acids is 2. The molecule has 0 bridgehead atoms. The highest BCUT2D eigenvalue weighted by molar-refractivity contribution is 5.81. The fraction of sp³-hybridized carbons (Fsp3) is 0.381. The molecule has 2 heterocycles. The Labute approximate surface area is 316 Å². The molecular formula is C42H48N4O8. The molecule has 0 aliphatic heterocycles. The lowest BCUT2D eigenvalue weighted by molar-refractivity contribution is -0.138. The van der Waals surface area contributed by atoms with Crippen molar-refractivity contribution in [3.63, 3.8) is 0 Å². The maximum atomic E-state index is 11.1. The van der Waals surface area contributed by atoms with Crippen molar-refractivity contribution in [2.45, 2.75) is 76.8 Å². The van der Waals surface area contributed by atoms with E-state index >= 15 is 0 Å². The van der Waals surface area contributed by atoms with Crippen LogP contribution in [-0.4, -0.2) is 70.5 Å². The van der Waals surface area contributed by atoms with Gasteiger partial charge in [0.2, 0.25) is 0 Å². The van der Waals surface area contributed by atoms with Gasteiger partial charge in [-0.25, -0.2) is 29.5 Å². The molecule has 0 amide bonds. The molecule has 1 aliphatic rings. The number of benzene rings is 2. The van der Waals surface area contributed by atoms with Crippen molar-refractivity contribution in [3.8, 4) is 34.3 Å². The Balaban J connectivity index is 1.01. The number of ether oxygens (including phenoxy) is 6. The Morgan fingerprint density at radius 2 is 0.944 bits per heavy atom. The topological polar surface area (TPSA) is 141 Å². The summed E-state index contributed by atoms with van der Waals surface area (Å²) in [6.45, 7) is 9.39. The van der Waals surface area contributed by atoms with E-state index in [-0.39, 0.29) is 12.2 Å². The van der Waals surface area contributed by atoms with Crippen LogP contribution in [0.4, 0.5) is 0 Å². The molecule has 12 heteroatoms. The smallest absolute Gasteiger partial charge is 0.330 e. The summed E-state index contributed by atoms with van der Waals surface area (Å²) in [7, 11) is 0. The van der Waals surface area contributed by atoms with Crippen molar-refractivity contribution >= 4 is 11.9 Å². The molecule has 0 unspecified atom stereocenters. The molecule has 5 rings (SSSR count). The van der Waals surface area contributed by atoms with Crippen LogP contribution >= 0.6 is 0 Å². The van der Waals surface area contributed by atoms with E-state index in [1.807, 2.05) is 48.5 Å². The predicted molar refractivity (Wildman–Crippen MR) is 202 cm³/mol. The molecule has 0 radical (unpaired) electrons. The normalized spacial score (nSPS) is 15.2. The number of carbonyl (C=O) groups is 2. The summed E-state index contributed by atoms with van der Waals surface area (Å²) in [5.41, 5.74) is 3.96. The molecule has 1 saturated carbocycles. The van der Waals surface area contributed by atoms with E-state index in [1.165, 1.54) is 0 Å². The predicted octanol–water partition coefficient (Wildman–Crippen LogP) is 7.42. The van der Waals surface area contributed by atoms with Crippen molar-refractivity contribution in [1.29, 1.82) is 0 Å². The van der Waals surface area contributed by atoms with Crippen molar-refractivity contribution in [1.82, 2.24) is 19.9 Å². The monoisotopic (exact) mass is 736 g/mol. The van der Waals surface area contributed by atoms with Crippen LogP contribution in [-0.2, 0) is 41.8 Å². The van der Waals surface area contributed by atoms with Crippen LogP contribution < -0.4 is 9.47 Å². The minimum atomic E-state index is -0.417. The van der Waals surface area contributed by atoms with Crippen LogP contribution in [0, 0.1) is 0 Å². The average Bonchev–Trinajstić information content (AvgIpc) is 3.22. The molecule has 2 aromatic heterocycles. The molecule has 0 saturated heterocycles. The maximum absolute atomic E-state index is 11.1. The molecule has 284 valence electrons. The van der Waals surface area contributed by atoms with Crippen LogP contribution in [0.1, 0.15) is 62.5 Å². The van der Waals surface area contributed by atoms with Gasteiger partial charge in [-0.05, 0) is 49.7 Å². The van der Waals surface area contributed by atoms with E-state index in [4.69, 9.17) is 28.4 Å². The summed E-state index contributed by atoms with van der Waals surface area (Å²) in [6.07, 6.45) is 16.1. The number of unbranched alkanes of at least 4 members (excludes halogenated alkanes) is 2. The molecule has 0 N–H and O–H groups in total. The molecule has 1 aliphatic carbocycles. The number of rotatable bonds is 22. The van der Waals surface area contributed by atoms with Gasteiger partial charge in [0, 0.05) is 23.3 Å². The Hall–Kier alpha value is -5.46. The van der Waals surface area contributed by atoms with E-state index in [9.17, 15) is 9.59 Å². The summed E-state index contributed by atoms with van der Waals surface area (Å²) in [5, 5.41) is 0. The van der Waals surface area contributed by atoms with Gasteiger partial charge in [0.05, 0.1) is 76.6 Å². The highest BCUT2D eigenvalue weighted by atomic mass is 16.5. The Bertz CT molecular complexity index is 1620. The van der Waals surface area contributed by atoms with Crippen LogP contribution in [0.2, 0.25) is 0 Å². The van der Waals surface area contributed by atoms with Gasteiger partial charge < -0.3 is 28.4 Å². The van der Waals surface area contributed by atoms with E-state index < -0.39 is 11.9 Å². The first-order chi connectivity index (χ1) is 26.5. The summed E-state index contributed by atoms with van der Waals surface area (Å²) in [4.78, 5) is 40.0. The SMILES string of the molecule is C=CC(=O)OCCCCOc1cnc(-c2ccc(CO[C@@H]3CCCC[C@H]3OCc3ccc(-c4ncc(OCCCCOC(=O)C=C)cn4)cc3)cc2)nc1. The lowest BCUT2D eigenvalue weighted by Gasteiger charge is -2.31. The van der Waals surface area contributed by atoms with Gasteiger partial charge in [0.25, 0.3) is 0 Å². The first kappa shape index (κ1) is 39.7. The van der Waals surface area contributed by atoms with Crippen molar-refractivity contribution in [2.24, 2.45) is 0 Å².